The zero-order valence-corrected chi connectivity index (χ0v) is 11.0. The van der Waals surface area contributed by atoms with Gasteiger partial charge in [0.15, 0.2) is 0 Å². The van der Waals surface area contributed by atoms with Crippen molar-refractivity contribution in [3.8, 4) is 0 Å². The fraction of sp³-hybridized carbons (Fsp3) is 0.250. The number of aryl methyl sites for hydroxylation is 1. The van der Waals surface area contributed by atoms with Crippen molar-refractivity contribution in [3.05, 3.63) is 47.5 Å². The van der Waals surface area contributed by atoms with Crippen molar-refractivity contribution < 1.29 is 19.4 Å². The van der Waals surface area contributed by atoms with Crippen LogP contribution in [-0.2, 0) is 27.4 Å². The lowest BCUT2D eigenvalue weighted by molar-refractivity contribution is -0.137. The molecule has 0 radical (unpaired) electrons. The molecule has 2 aromatic rings. The summed E-state index contributed by atoms with van der Waals surface area (Å²) in [6.45, 7) is 0.689. The molecule has 1 N–H and O–H groups in total. The summed E-state index contributed by atoms with van der Waals surface area (Å²) in [6, 6.07) is 11.8. The molecule has 0 aliphatic rings. The topological polar surface area (TPSA) is 63.6 Å². The zero-order valence-electron chi connectivity index (χ0n) is 11.0. The molecule has 0 saturated heterocycles. The summed E-state index contributed by atoms with van der Waals surface area (Å²) < 4.78 is 4.82. The minimum Gasteiger partial charge on any atom is -0.481 e. The molecule has 0 amide bonds. The van der Waals surface area contributed by atoms with Crippen molar-refractivity contribution in [2.45, 2.75) is 25.9 Å². The first-order valence-electron chi connectivity index (χ1n) is 6.49. The van der Waals surface area contributed by atoms with Crippen LogP contribution in [0.3, 0.4) is 0 Å². The minimum atomic E-state index is -0.773. The number of carboxylic acid groups (broad SMARTS) is 1. The molecule has 0 aliphatic carbocycles. The van der Waals surface area contributed by atoms with Crippen LogP contribution in [0.15, 0.2) is 36.4 Å². The Morgan fingerprint density at radius 2 is 1.75 bits per heavy atom. The van der Waals surface area contributed by atoms with Gasteiger partial charge in [-0.05, 0) is 34.7 Å². The summed E-state index contributed by atoms with van der Waals surface area (Å²) in [7, 11) is 0. The van der Waals surface area contributed by atoms with E-state index in [0.717, 1.165) is 28.3 Å². The average molecular weight is 272 g/mol. The van der Waals surface area contributed by atoms with E-state index in [-0.39, 0.29) is 13.0 Å². The Hall–Kier alpha value is -2.36. The largest absolute Gasteiger partial charge is 0.481 e. The van der Waals surface area contributed by atoms with Crippen molar-refractivity contribution >= 4 is 23.2 Å². The second kappa shape index (κ2) is 6.70. The van der Waals surface area contributed by atoms with E-state index in [9.17, 15) is 9.59 Å². The smallest absolute Gasteiger partial charge is 0.303 e. The fourth-order valence-electron chi connectivity index (χ4n) is 2.32. The van der Waals surface area contributed by atoms with E-state index in [4.69, 9.17) is 9.84 Å². The van der Waals surface area contributed by atoms with Gasteiger partial charge in [-0.2, -0.15) is 0 Å². The second-order valence-electron chi connectivity index (χ2n) is 4.58. The van der Waals surface area contributed by atoms with Gasteiger partial charge in [0.2, 0.25) is 0 Å². The van der Waals surface area contributed by atoms with Crippen molar-refractivity contribution in [1.82, 2.24) is 0 Å². The summed E-state index contributed by atoms with van der Waals surface area (Å²) in [5.74, 6) is -0.773. The predicted octanol–water partition coefficient (Wildman–Crippen LogP) is 2.92. The highest BCUT2D eigenvalue weighted by atomic mass is 16.5. The van der Waals surface area contributed by atoms with Gasteiger partial charge in [-0.1, -0.05) is 36.4 Å². The number of carbonyl (C=O) groups is 2. The predicted molar refractivity (Wildman–Crippen MR) is 75.4 cm³/mol. The molecule has 0 bridgehead atoms. The number of rotatable bonds is 7. The normalized spacial score (nSPS) is 10.4. The van der Waals surface area contributed by atoms with Gasteiger partial charge in [0.05, 0.1) is 0 Å². The van der Waals surface area contributed by atoms with E-state index in [0.29, 0.717) is 12.9 Å². The molecule has 0 aromatic heterocycles. The summed E-state index contributed by atoms with van der Waals surface area (Å²) in [4.78, 5) is 20.9. The maximum atomic E-state index is 10.6. The van der Waals surface area contributed by atoms with Crippen LogP contribution < -0.4 is 0 Å². The van der Waals surface area contributed by atoms with Crippen LogP contribution in [0.25, 0.3) is 10.8 Å². The molecule has 0 spiro atoms. The number of fused-ring (bicyclic) bond motifs is 1. The Morgan fingerprint density at radius 1 is 1.10 bits per heavy atom. The number of ether oxygens (including phenoxy) is 1. The molecule has 0 saturated carbocycles. The van der Waals surface area contributed by atoms with Crippen molar-refractivity contribution in [1.29, 1.82) is 0 Å². The SMILES string of the molecule is O=COCc1ccc(CCCC(=O)O)c2ccccc12. The number of carboxylic acids is 1. The quantitative estimate of drug-likeness (QED) is 0.787. The molecule has 4 nitrogen and oxygen atoms in total. The van der Waals surface area contributed by atoms with Crippen LogP contribution in [0.2, 0.25) is 0 Å². The molecule has 2 rings (SSSR count). The van der Waals surface area contributed by atoms with Gasteiger partial charge >= 0.3 is 5.97 Å². The first-order valence-corrected chi connectivity index (χ1v) is 6.49. The van der Waals surface area contributed by atoms with Gasteiger partial charge in [0.25, 0.3) is 6.47 Å². The zero-order chi connectivity index (χ0) is 14.4. The molecule has 0 atom stereocenters. The summed E-state index contributed by atoms with van der Waals surface area (Å²) in [5.41, 5.74) is 2.08. The van der Waals surface area contributed by atoms with Crippen molar-refractivity contribution in [2.75, 3.05) is 0 Å². The second-order valence-corrected chi connectivity index (χ2v) is 4.58. The highest BCUT2D eigenvalue weighted by Crippen LogP contribution is 2.24. The standard InChI is InChI=1S/C16H16O4/c17-11-20-10-13-9-8-12(4-3-7-16(18)19)14-5-1-2-6-15(13)14/h1-2,5-6,8-9,11H,3-4,7,10H2,(H,18,19). The Labute approximate surface area is 117 Å². The first kappa shape index (κ1) is 14.1. The number of aliphatic carboxylic acids is 1. The lowest BCUT2D eigenvalue weighted by Gasteiger charge is -2.10. The Bertz CT molecular complexity index is 619. The maximum absolute atomic E-state index is 10.6. The highest BCUT2D eigenvalue weighted by molar-refractivity contribution is 5.88. The van der Waals surface area contributed by atoms with Gasteiger partial charge in [0, 0.05) is 6.42 Å². The third-order valence-electron chi connectivity index (χ3n) is 3.25. The first-order chi connectivity index (χ1) is 9.72. The van der Waals surface area contributed by atoms with E-state index >= 15 is 0 Å². The molecule has 104 valence electrons. The fourth-order valence-corrected chi connectivity index (χ4v) is 2.32. The lowest BCUT2D eigenvalue weighted by atomic mass is 9.96. The van der Waals surface area contributed by atoms with Crippen LogP contribution in [-0.4, -0.2) is 17.5 Å². The molecule has 20 heavy (non-hydrogen) atoms. The summed E-state index contributed by atoms with van der Waals surface area (Å²) >= 11 is 0. The molecule has 4 heteroatoms. The highest BCUT2D eigenvalue weighted by Gasteiger charge is 2.07. The summed E-state index contributed by atoms with van der Waals surface area (Å²) in [5, 5.41) is 10.8. The molecular weight excluding hydrogens is 256 g/mol. The van der Waals surface area contributed by atoms with E-state index in [2.05, 4.69) is 0 Å². The molecule has 2 aromatic carbocycles. The summed E-state index contributed by atoms with van der Waals surface area (Å²) in [6.07, 6.45) is 1.51. The van der Waals surface area contributed by atoms with E-state index < -0.39 is 5.97 Å². The number of benzene rings is 2. The molecule has 0 fully saturated rings. The molecule has 0 aliphatic heterocycles. The Morgan fingerprint density at radius 3 is 2.40 bits per heavy atom. The van der Waals surface area contributed by atoms with Gasteiger partial charge in [-0.3, -0.25) is 9.59 Å². The third-order valence-corrected chi connectivity index (χ3v) is 3.25. The molecular formula is C16H16O4. The average Bonchev–Trinajstić information content (AvgIpc) is 2.46. The molecule has 0 heterocycles. The van der Waals surface area contributed by atoms with Crippen LogP contribution in [0.5, 0.6) is 0 Å². The lowest BCUT2D eigenvalue weighted by Crippen LogP contribution is -1.98. The maximum Gasteiger partial charge on any atom is 0.303 e. The number of hydrogen-bond donors (Lipinski definition) is 1. The monoisotopic (exact) mass is 272 g/mol. The van der Waals surface area contributed by atoms with E-state index in [1.807, 2.05) is 36.4 Å². The Kier molecular flexibility index (Phi) is 4.71. The van der Waals surface area contributed by atoms with Crippen LogP contribution in [0.4, 0.5) is 0 Å². The van der Waals surface area contributed by atoms with Gasteiger partial charge in [-0.15, -0.1) is 0 Å². The van der Waals surface area contributed by atoms with E-state index in [1.165, 1.54) is 0 Å². The van der Waals surface area contributed by atoms with Crippen molar-refractivity contribution in [3.63, 3.8) is 0 Å². The number of carbonyl (C=O) groups excluding carboxylic acids is 1. The van der Waals surface area contributed by atoms with Crippen LogP contribution in [0.1, 0.15) is 24.0 Å². The minimum absolute atomic E-state index is 0.171. The van der Waals surface area contributed by atoms with Gasteiger partial charge in [0.1, 0.15) is 6.61 Å². The molecule has 0 unspecified atom stereocenters. The van der Waals surface area contributed by atoms with Crippen LogP contribution >= 0.6 is 0 Å². The Balaban J connectivity index is 2.28. The van der Waals surface area contributed by atoms with Gasteiger partial charge < -0.3 is 9.84 Å². The third kappa shape index (κ3) is 3.35. The van der Waals surface area contributed by atoms with Crippen LogP contribution in [0, 0.1) is 0 Å². The van der Waals surface area contributed by atoms with Crippen molar-refractivity contribution in [2.24, 2.45) is 0 Å². The van der Waals surface area contributed by atoms with E-state index in [1.54, 1.807) is 0 Å². The van der Waals surface area contributed by atoms with Gasteiger partial charge in [-0.25, -0.2) is 0 Å². The number of hydrogen-bond acceptors (Lipinski definition) is 3.